The molecular formula is C38H58O2S2. The van der Waals surface area contributed by atoms with Crippen molar-refractivity contribution in [3.63, 3.8) is 0 Å². The van der Waals surface area contributed by atoms with E-state index in [1.165, 1.54) is 91.4 Å². The summed E-state index contributed by atoms with van der Waals surface area (Å²) in [7, 11) is 0. The lowest BCUT2D eigenvalue weighted by Gasteiger charge is -2.25. The molecule has 2 nitrogen and oxygen atoms in total. The molecular weight excluding hydrogens is 553 g/mol. The van der Waals surface area contributed by atoms with Crippen molar-refractivity contribution in [2.45, 2.75) is 145 Å². The Hall–Kier alpha value is -1.78. The van der Waals surface area contributed by atoms with Crippen molar-refractivity contribution < 1.29 is 9.47 Å². The predicted octanol–water partition coefficient (Wildman–Crippen LogP) is 12.9. The van der Waals surface area contributed by atoms with E-state index in [1.807, 2.05) is 22.7 Å². The molecule has 2 heterocycles. The number of thiophene rings is 2. The summed E-state index contributed by atoms with van der Waals surface area (Å²) in [6.45, 7) is 29.1. The van der Waals surface area contributed by atoms with E-state index in [0.717, 1.165) is 37.6 Å². The van der Waals surface area contributed by atoms with Gasteiger partial charge < -0.3 is 9.47 Å². The first-order valence-corrected chi connectivity index (χ1v) is 18.0. The second kappa shape index (κ2) is 14.8. The Bertz CT molecular complexity index is 1310. The van der Waals surface area contributed by atoms with Gasteiger partial charge in [-0.05, 0) is 79.7 Å². The molecule has 0 amide bonds. The number of hydrogen-bond acceptors (Lipinski definition) is 4. The molecule has 0 saturated heterocycles. The summed E-state index contributed by atoms with van der Waals surface area (Å²) in [5.74, 6) is 1.95. The predicted molar refractivity (Wildman–Crippen MR) is 189 cm³/mol. The van der Waals surface area contributed by atoms with Crippen molar-refractivity contribution in [1.82, 2.24) is 0 Å². The molecule has 0 aliphatic heterocycles. The summed E-state index contributed by atoms with van der Waals surface area (Å²) in [6, 6.07) is 4.60. The van der Waals surface area contributed by atoms with Gasteiger partial charge in [0.05, 0.1) is 13.2 Å². The molecule has 0 aliphatic rings. The van der Waals surface area contributed by atoms with Gasteiger partial charge in [0, 0.05) is 36.7 Å². The minimum atomic E-state index is -0.0424. The molecule has 0 bridgehead atoms. The molecule has 234 valence electrons. The van der Waals surface area contributed by atoms with Gasteiger partial charge in [0.25, 0.3) is 0 Å². The van der Waals surface area contributed by atoms with E-state index in [2.05, 4.69) is 95.2 Å². The highest BCUT2D eigenvalue weighted by molar-refractivity contribution is 7.24. The Morgan fingerprint density at radius 3 is 1.55 bits per heavy atom. The molecule has 3 rings (SSSR count). The maximum absolute atomic E-state index is 6.62. The van der Waals surface area contributed by atoms with E-state index in [0.29, 0.717) is 0 Å². The average Bonchev–Trinajstić information content (AvgIpc) is 3.37. The smallest absolute Gasteiger partial charge is 0.131 e. The first-order chi connectivity index (χ1) is 19.7. The van der Waals surface area contributed by atoms with Gasteiger partial charge in [-0.25, -0.2) is 0 Å². The van der Waals surface area contributed by atoms with Gasteiger partial charge in [-0.3, -0.25) is 0 Å². The van der Waals surface area contributed by atoms with Crippen LogP contribution in [-0.4, -0.2) is 13.2 Å². The Labute approximate surface area is 266 Å². The molecule has 0 N–H and O–H groups in total. The molecule has 0 saturated carbocycles. The minimum absolute atomic E-state index is 0.0424. The van der Waals surface area contributed by atoms with E-state index < -0.39 is 0 Å². The maximum Gasteiger partial charge on any atom is 0.131 e. The van der Waals surface area contributed by atoms with Crippen LogP contribution in [0.25, 0.3) is 20.2 Å². The lowest BCUT2D eigenvalue weighted by Crippen LogP contribution is -2.15. The molecule has 3 aromatic rings. The molecule has 0 radical (unpaired) electrons. The quantitative estimate of drug-likeness (QED) is 0.169. The first-order valence-electron chi connectivity index (χ1n) is 16.4. The molecule has 0 atom stereocenters. The van der Waals surface area contributed by atoms with Crippen molar-refractivity contribution >= 4 is 22.7 Å². The van der Waals surface area contributed by atoms with Gasteiger partial charge in [-0.1, -0.05) is 93.9 Å². The van der Waals surface area contributed by atoms with Crippen LogP contribution in [-0.2, 0) is 10.8 Å². The topological polar surface area (TPSA) is 18.5 Å². The van der Waals surface area contributed by atoms with Crippen LogP contribution in [0.3, 0.4) is 0 Å². The molecule has 0 fully saturated rings. The van der Waals surface area contributed by atoms with E-state index in [9.17, 15) is 0 Å². The van der Waals surface area contributed by atoms with Gasteiger partial charge >= 0.3 is 0 Å². The van der Waals surface area contributed by atoms with Gasteiger partial charge in [0.15, 0.2) is 0 Å². The van der Waals surface area contributed by atoms with Crippen LogP contribution in [0.15, 0.2) is 12.1 Å². The van der Waals surface area contributed by atoms with E-state index in [4.69, 9.17) is 9.47 Å². The van der Waals surface area contributed by atoms with Crippen molar-refractivity contribution in [2.75, 3.05) is 13.2 Å². The summed E-state index contributed by atoms with van der Waals surface area (Å²) >= 11 is 3.93. The van der Waals surface area contributed by atoms with Crippen molar-refractivity contribution in [3.8, 4) is 31.7 Å². The largest absolute Gasteiger partial charge is 0.493 e. The van der Waals surface area contributed by atoms with Crippen molar-refractivity contribution in [3.05, 3.63) is 44.8 Å². The van der Waals surface area contributed by atoms with Gasteiger partial charge in [0.2, 0.25) is 0 Å². The fourth-order valence-electron chi connectivity index (χ4n) is 5.58. The van der Waals surface area contributed by atoms with Crippen LogP contribution >= 0.6 is 22.7 Å². The second-order valence-electron chi connectivity index (χ2n) is 14.2. The number of ether oxygens (including phenoxy) is 2. The summed E-state index contributed by atoms with van der Waals surface area (Å²) in [5.41, 5.74) is 8.21. The zero-order valence-corrected chi connectivity index (χ0v) is 30.5. The summed E-state index contributed by atoms with van der Waals surface area (Å²) in [6.07, 6.45) is 9.59. The third-order valence-electron chi connectivity index (χ3n) is 8.43. The first kappa shape index (κ1) is 34.7. The standard InChI is InChI=1S/C38H58O2S2/c1-13-15-17-19-21-39-31-24-32(40-22-20-18-16-14-2)30(37(7,8)9)23-29(31)33-25(3)26(4)34(41-33)35-27(5)28(6)36(42-35)38(10,11)12/h23-24H,13-22H2,1-12H3. The van der Waals surface area contributed by atoms with Crippen molar-refractivity contribution in [2.24, 2.45) is 0 Å². The Kier molecular flexibility index (Phi) is 12.2. The number of benzene rings is 1. The molecule has 0 spiro atoms. The monoisotopic (exact) mass is 610 g/mol. The van der Waals surface area contributed by atoms with Crippen LogP contribution in [0.5, 0.6) is 11.5 Å². The molecule has 0 aliphatic carbocycles. The maximum atomic E-state index is 6.62. The third-order valence-corrected chi connectivity index (χ3v) is 11.8. The van der Waals surface area contributed by atoms with Crippen LogP contribution < -0.4 is 9.47 Å². The highest BCUT2D eigenvalue weighted by Gasteiger charge is 2.28. The van der Waals surface area contributed by atoms with Gasteiger partial charge in [-0.15, -0.1) is 22.7 Å². The van der Waals surface area contributed by atoms with Gasteiger partial charge in [0.1, 0.15) is 11.5 Å². The molecule has 2 aromatic heterocycles. The molecule has 42 heavy (non-hydrogen) atoms. The molecule has 1 aromatic carbocycles. The number of rotatable bonds is 14. The Balaban J connectivity index is 2.13. The van der Waals surface area contributed by atoms with Crippen LogP contribution in [0, 0.1) is 27.7 Å². The average molecular weight is 611 g/mol. The summed E-state index contributed by atoms with van der Waals surface area (Å²) in [4.78, 5) is 5.66. The lowest BCUT2D eigenvalue weighted by molar-refractivity contribution is 0.286. The van der Waals surface area contributed by atoms with Gasteiger partial charge in [-0.2, -0.15) is 0 Å². The zero-order valence-electron chi connectivity index (χ0n) is 28.9. The zero-order chi connectivity index (χ0) is 31.2. The number of unbranched alkanes of at least 4 members (excludes halogenated alkanes) is 6. The van der Waals surface area contributed by atoms with E-state index in [-0.39, 0.29) is 10.8 Å². The summed E-state index contributed by atoms with van der Waals surface area (Å²) < 4.78 is 13.1. The molecule has 0 unspecified atom stereocenters. The highest BCUT2D eigenvalue weighted by atomic mass is 32.1. The fraction of sp³-hybridized carbons (Fsp3) is 0.632. The number of hydrogen-bond donors (Lipinski definition) is 0. The molecule has 4 heteroatoms. The Morgan fingerprint density at radius 1 is 0.548 bits per heavy atom. The Morgan fingerprint density at radius 2 is 1.05 bits per heavy atom. The van der Waals surface area contributed by atoms with Crippen LogP contribution in [0.1, 0.15) is 139 Å². The SMILES string of the molecule is CCCCCCOc1cc(OCCCCCC)c(C(C)(C)C)cc1-c1sc(-c2sc(C(C)(C)C)c(C)c2C)c(C)c1C. The fourth-order valence-corrected chi connectivity index (χ4v) is 8.53. The van der Waals surface area contributed by atoms with Crippen LogP contribution in [0.4, 0.5) is 0 Å². The van der Waals surface area contributed by atoms with Crippen molar-refractivity contribution in [1.29, 1.82) is 0 Å². The minimum Gasteiger partial charge on any atom is -0.493 e. The normalized spacial score (nSPS) is 12.3. The van der Waals surface area contributed by atoms with E-state index in [1.54, 1.807) is 0 Å². The van der Waals surface area contributed by atoms with E-state index >= 15 is 0 Å². The highest BCUT2D eigenvalue weighted by Crippen LogP contribution is 2.51. The third kappa shape index (κ3) is 8.23. The lowest BCUT2D eigenvalue weighted by atomic mass is 9.84. The van der Waals surface area contributed by atoms with Crippen LogP contribution in [0.2, 0.25) is 0 Å². The summed E-state index contributed by atoms with van der Waals surface area (Å²) in [5, 5.41) is 0. The second-order valence-corrected chi connectivity index (χ2v) is 16.2.